The Morgan fingerprint density at radius 3 is 2.92 bits per heavy atom. The molecule has 0 spiro atoms. The maximum Gasteiger partial charge on any atom is 0.402 e. The van der Waals surface area contributed by atoms with Crippen molar-refractivity contribution in [3.8, 4) is 11.9 Å². The van der Waals surface area contributed by atoms with Crippen LogP contribution in [0.4, 0.5) is 8.78 Å². The van der Waals surface area contributed by atoms with Crippen molar-refractivity contribution < 1.29 is 23.2 Å². The lowest BCUT2D eigenvalue weighted by Crippen LogP contribution is -2.54. The molecule has 3 rings (SSSR count). The zero-order chi connectivity index (χ0) is 19.1. The molecule has 0 aromatic heterocycles. The number of guanidine groups is 1. The Kier molecular flexibility index (Phi) is 4.96. The molecule has 3 unspecified atom stereocenters. The van der Waals surface area contributed by atoms with Crippen LogP contribution in [0.25, 0.3) is 0 Å². The standard InChI is InChI=1S/C16H18F2N4O3S/c1-16(2)13(23)12(22-6-5-20-15(22)21-8-19)10-7-9(26(24)14(17)18)3-4-11(10)25-16/h3-4,7,12-14,23H,5-6H2,1-2H3,(H,20,21). The van der Waals surface area contributed by atoms with E-state index in [1.54, 1.807) is 24.9 Å². The number of hydrogen-bond acceptors (Lipinski definition) is 5. The lowest BCUT2D eigenvalue weighted by Gasteiger charge is -2.45. The second-order valence-corrected chi connectivity index (χ2v) is 7.93. The van der Waals surface area contributed by atoms with Crippen LogP contribution in [0.2, 0.25) is 0 Å². The third-order valence-corrected chi connectivity index (χ3v) is 5.52. The van der Waals surface area contributed by atoms with Crippen molar-refractivity contribution in [2.24, 2.45) is 4.99 Å². The molecule has 2 N–H and O–H groups in total. The summed E-state index contributed by atoms with van der Waals surface area (Å²) in [5, 5.41) is 22.7. The number of benzene rings is 1. The molecule has 1 fully saturated rings. The highest BCUT2D eigenvalue weighted by Crippen LogP contribution is 2.44. The van der Waals surface area contributed by atoms with Crippen molar-refractivity contribution in [3.05, 3.63) is 23.8 Å². The van der Waals surface area contributed by atoms with Crippen molar-refractivity contribution in [1.29, 1.82) is 5.26 Å². The normalized spacial score (nSPS) is 26.8. The maximum absolute atomic E-state index is 12.9. The SMILES string of the molecule is CC1(C)Oc2ccc([S+]([O-])C(F)F)cc2C(N2CCNC2=NC#N)C1O. The molecule has 0 amide bonds. The summed E-state index contributed by atoms with van der Waals surface area (Å²) in [6, 6.07) is 3.49. The number of hydrogen-bond donors (Lipinski definition) is 2. The minimum absolute atomic E-state index is 0.0508. The average molecular weight is 384 g/mol. The van der Waals surface area contributed by atoms with E-state index in [1.807, 2.05) is 0 Å². The molecule has 2 aliphatic heterocycles. The number of alkyl halides is 2. The molecule has 0 radical (unpaired) electrons. The molecule has 26 heavy (non-hydrogen) atoms. The van der Waals surface area contributed by atoms with Crippen LogP contribution in [0.5, 0.6) is 5.75 Å². The number of aliphatic imine (C=N–C) groups is 1. The molecule has 0 bridgehead atoms. The van der Waals surface area contributed by atoms with Gasteiger partial charge >= 0.3 is 5.76 Å². The predicted octanol–water partition coefficient (Wildman–Crippen LogP) is 1.33. The van der Waals surface area contributed by atoms with Crippen molar-refractivity contribution in [3.63, 3.8) is 0 Å². The van der Waals surface area contributed by atoms with E-state index in [2.05, 4.69) is 10.3 Å². The van der Waals surface area contributed by atoms with Gasteiger partial charge in [-0.15, -0.1) is 4.99 Å². The number of ether oxygens (including phenoxy) is 1. The Bertz CT molecular complexity index is 768. The van der Waals surface area contributed by atoms with Gasteiger partial charge in [-0.25, -0.2) is 0 Å². The molecule has 10 heteroatoms. The molecule has 2 aliphatic rings. The summed E-state index contributed by atoms with van der Waals surface area (Å²) < 4.78 is 43.3. The molecular weight excluding hydrogens is 366 g/mol. The van der Waals surface area contributed by atoms with Crippen molar-refractivity contribution >= 4 is 17.1 Å². The minimum Gasteiger partial charge on any atom is -0.607 e. The number of aliphatic hydroxyl groups is 1. The number of rotatable bonds is 3. The molecule has 1 saturated heterocycles. The first-order chi connectivity index (χ1) is 12.3. The monoisotopic (exact) mass is 384 g/mol. The molecule has 7 nitrogen and oxygen atoms in total. The van der Waals surface area contributed by atoms with Gasteiger partial charge in [-0.05, 0) is 26.0 Å². The Balaban J connectivity index is 2.10. The lowest BCUT2D eigenvalue weighted by molar-refractivity contribution is -0.0801. The summed E-state index contributed by atoms with van der Waals surface area (Å²) in [4.78, 5) is 5.38. The molecule has 0 saturated carbocycles. The van der Waals surface area contributed by atoms with Crippen molar-refractivity contribution in [1.82, 2.24) is 10.2 Å². The summed E-state index contributed by atoms with van der Waals surface area (Å²) in [7, 11) is 0. The van der Waals surface area contributed by atoms with Gasteiger partial charge in [-0.2, -0.15) is 14.0 Å². The fourth-order valence-electron chi connectivity index (χ4n) is 3.23. The highest BCUT2D eigenvalue weighted by molar-refractivity contribution is 7.91. The van der Waals surface area contributed by atoms with E-state index < -0.39 is 34.7 Å². The molecule has 0 aliphatic carbocycles. The van der Waals surface area contributed by atoms with Crippen LogP contribution in [0.1, 0.15) is 25.5 Å². The van der Waals surface area contributed by atoms with Crippen LogP contribution < -0.4 is 10.1 Å². The minimum atomic E-state index is -3.01. The van der Waals surface area contributed by atoms with Gasteiger partial charge in [0.15, 0.2) is 4.90 Å². The van der Waals surface area contributed by atoms with Crippen LogP contribution in [-0.2, 0) is 11.2 Å². The Morgan fingerprint density at radius 2 is 2.27 bits per heavy atom. The average Bonchev–Trinajstić information content (AvgIpc) is 3.03. The number of halogens is 2. The van der Waals surface area contributed by atoms with Gasteiger partial charge in [-0.3, -0.25) is 0 Å². The predicted molar refractivity (Wildman–Crippen MR) is 90.1 cm³/mol. The van der Waals surface area contributed by atoms with E-state index in [1.165, 1.54) is 18.2 Å². The smallest absolute Gasteiger partial charge is 0.402 e. The zero-order valence-electron chi connectivity index (χ0n) is 14.1. The van der Waals surface area contributed by atoms with E-state index in [0.29, 0.717) is 30.4 Å². The number of nitrogens with zero attached hydrogens (tertiary/aromatic N) is 3. The highest BCUT2D eigenvalue weighted by Gasteiger charge is 2.47. The van der Waals surface area contributed by atoms with Crippen molar-refractivity contribution in [2.45, 2.75) is 42.2 Å². The van der Waals surface area contributed by atoms with E-state index in [9.17, 15) is 18.4 Å². The molecule has 1 aromatic rings. The molecule has 140 valence electrons. The van der Waals surface area contributed by atoms with Gasteiger partial charge in [-0.1, -0.05) is 0 Å². The zero-order valence-corrected chi connectivity index (χ0v) is 15.0. The molecule has 2 heterocycles. The number of aliphatic hydroxyl groups excluding tert-OH is 1. The van der Waals surface area contributed by atoms with Crippen LogP contribution in [0.3, 0.4) is 0 Å². The van der Waals surface area contributed by atoms with Gasteiger partial charge < -0.3 is 24.6 Å². The van der Waals surface area contributed by atoms with Crippen LogP contribution in [0, 0.1) is 11.5 Å². The van der Waals surface area contributed by atoms with Gasteiger partial charge in [0.1, 0.15) is 17.5 Å². The fourth-order valence-corrected chi connectivity index (χ4v) is 3.88. The summed E-state index contributed by atoms with van der Waals surface area (Å²) in [6.45, 7) is 4.40. The summed E-state index contributed by atoms with van der Waals surface area (Å²) in [5.41, 5.74) is -0.529. The Hall–Kier alpha value is -2.09. The quantitative estimate of drug-likeness (QED) is 0.602. The van der Waals surface area contributed by atoms with E-state index in [0.717, 1.165) is 0 Å². The van der Waals surface area contributed by atoms with E-state index in [-0.39, 0.29) is 4.90 Å². The maximum atomic E-state index is 12.9. The third-order valence-electron chi connectivity index (χ3n) is 4.48. The molecule has 1 aromatic carbocycles. The number of nitrogens with one attached hydrogen (secondary N) is 1. The highest BCUT2D eigenvalue weighted by atomic mass is 32.2. The Morgan fingerprint density at radius 1 is 1.54 bits per heavy atom. The molecule has 3 atom stereocenters. The third kappa shape index (κ3) is 3.18. The van der Waals surface area contributed by atoms with Crippen molar-refractivity contribution in [2.75, 3.05) is 13.1 Å². The summed E-state index contributed by atoms with van der Waals surface area (Å²) in [5.74, 6) is -2.31. The Labute approximate surface area is 152 Å². The van der Waals surface area contributed by atoms with Gasteiger partial charge in [0.2, 0.25) is 12.2 Å². The molecular formula is C16H18F2N4O3S. The first kappa shape index (κ1) is 18.7. The number of fused-ring (bicyclic) bond motifs is 1. The first-order valence-electron chi connectivity index (χ1n) is 7.93. The largest absolute Gasteiger partial charge is 0.607 e. The second kappa shape index (κ2) is 6.90. The van der Waals surface area contributed by atoms with Gasteiger partial charge in [0.05, 0.1) is 17.2 Å². The summed E-state index contributed by atoms with van der Waals surface area (Å²) in [6.07, 6.45) is 0.673. The number of nitriles is 1. The van der Waals surface area contributed by atoms with E-state index >= 15 is 0 Å². The van der Waals surface area contributed by atoms with Crippen LogP contribution in [-0.4, -0.2) is 51.1 Å². The fraction of sp³-hybridized carbons (Fsp3) is 0.500. The second-order valence-electron chi connectivity index (χ2n) is 6.51. The van der Waals surface area contributed by atoms with Crippen LogP contribution >= 0.6 is 0 Å². The van der Waals surface area contributed by atoms with Gasteiger partial charge in [0.25, 0.3) is 0 Å². The van der Waals surface area contributed by atoms with Crippen LogP contribution in [0.15, 0.2) is 28.1 Å². The van der Waals surface area contributed by atoms with E-state index in [4.69, 9.17) is 10.00 Å². The first-order valence-corrected chi connectivity index (χ1v) is 9.14. The summed E-state index contributed by atoms with van der Waals surface area (Å²) >= 11 is -2.48. The van der Waals surface area contributed by atoms with Gasteiger partial charge in [0, 0.05) is 24.7 Å². The topological polar surface area (TPSA) is 104 Å². The lowest BCUT2D eigenvalue weighted by atomic mass is 9.85.